The van der Waals surface area contributed by atoms with Crippen LogP contribution in [0.15, 0.2) is 0 Å². The highest BCUT2D eigenvalue weighted by atomic mass is 33.1. The summed E-state index contributed by atoms with van der Waals surface area (Å²) in [6.45, 7) is 0. The van der Waals surface area contributed by atoms with Crippen LogP contribution in [-0.2, 0) is 0 Å². The Morgan fingerprint density at radius 1 is 0.800 bits per heavy atom. The Morgan fingerprint density at radius 3 is 2.07 bits per heavy atom. The molecule has 0 nitrogen and oxygen atoms in total. The Bertz CT molecular complexity index is 150. The van der Waals surface area contributed by atoms with Gasteiger partial charge in [0, 0.05) is 38.6 Å². The first-order valence-corrected chi connectivity index (χ1v) is 13.0. The maximum Gasteiger partial charge on any atom is 0.0600 e. The van der Waals surface area contributed by atoms with Crippen molar-refractivity contribution < 1.29 is 0 Å². The average molecular weight is 335 g/mol. The van der Waals surface area contributed by atoms with Crippen molar-refractivity contribution in [2.75, 3.05) is 33.2 Å². The second-order valence-electron chi connectivity index (χ2n) is 3.17. The van der Waals surface area contributed by atoms with Crippen LogP contribution in [0.25, 0.3) is 0 Å². The van der Waals surface area contributed by atoms with Gasteiger partial charge in [-0.05, 0) is 0 Å². The number of thioether (sulfide) groups is 3. The molecule has 0 bridgehead atoms. The summed E-state index contributed by atoms with van der Waals surface area (Å²) < 4.78 is 0. The van der Waals surface area contributed by atoms with Gasteiger partial charge in [0.05, 0.1) is 5.08 Å². The Morgan fingerprint density at radius 2 is 1.47 bits per heavy atom. The summed E-state index contributed by atoms with van der Waals surface area (Å²) in [5.74, 6) is 5.54. The summed E-state index contributed by atoms with van der Waals surface area (Å²) >= 11 is 6.31. The van der Waals surface area contributed by atoms with E-state index in [1.54, 1.807) is 0 Å². The van der Waals surface area contributed by atoms with Gasteiger partial charge in [-0.1, -0.05) is 43.2 Å². The number of rotatable bonds is 8. The van der Waals surface area contributed by atoms with Gasteiger partial charge in [-0.3, -0.25) is 0 Å². The SMILES string of the molecule is C(SSCSC1CSC1)SSC1CSC1. The Balaban J connectivity index is 1.29. The van der Waals surface area contributed by atoms with Gasteiger partial charge in [0.2, 0.25) is 0 Å². The van der Waals surface area contributed by atoms with E-state index in [-0.39, 0.29) is 0 Å². The zero-order valence-electron chi connectivity index (χ0n) is 8.26. The van der Waals surface area contributed by atoms with Crippen LogP contribution < -0.4 is 0 Å². The molecule has 0 aromatic rings. The van der Waals surface area contributed by atoms with Crippen LogP contribution >= 0.6 is 78.5 Å². The van der Waals surface area contributed by atoms with Crippen molar-refractivity contribution in [1.29, 1.82) is 0 Å². The molecule has 0 amide bonds. The van der Waals surface area contributed by atoms with E-state index in [0.29, 0.717) is 0 Å². The van der Waals surface area contributed by atoms with Gasteiger partial charge in [0.15, 0.2) is 0 Å². The second kappa shape index (κ2) is 8.53. The molecule has 0 unspecified atom stereocenters. The molecule has 0 aliphatic carbocycles. The lowest BCUT2D eigenvalue weighted by atomic mass is 10.5. The molecule has 88 valence electrons. The number of hydrogen-bond acceptors (Lipinski definition) is 7. The van der Waals surface area contributed by atoms with E-state index in [0.717, 1.165) is 10.5 Å². The molecule has 0 radical (unpaired) electrons. The summed E-state index contributed by atoms with van der Waals surface area (Å²) in [5.41, 5.74) is 0. The molecular formula is C8H14S7. The molecule has 0 saturated carbocycles. The van der Waals surface area contributed by atoms with Gasteiger partial charge >= 0.3 is 0 Å². The summed E-state index contributed by atoms with van der Waals surface area (Å²) in [7, 11) is 8.21. The molecule has 0 aromatic carbocycles. The van der Waals surface area contributed by atoms with Crippen LogP contribution in [0.1, 0.15) is 0 Å². The highest BCUT2D eigenvalue weighted by Crippen LogP contribution is 2.41. The fourth-order valence-corrected chi connectivity index (χ4v) is 11.5. The van der Waals surface area contributed by atoms with Gasteiger partial charge in [0.25, 0.3) is 0 Å². The molecule has 0 atom stereocenters. The lowest BCUT2D eigenvalue weighted by Gasteiger charge is -2.24. The minimum atomic E-state index is 0.951. The largest absolute Gasteiger partial charge is 0.160 e. The quantitative estimate of drug-likeness (QED) is 0.356. The minimum Gasteiger partial charge on any atom is -0.160 e. The smallest absolute Gasteiger partial charge is 0.0600 e. The fourth-order valence-electron chi connectivity index (χ4n) is 0.916. The highest BCUT2D eigenvalue weighted by molar-refractivity contribution is 8.85. The van der Waals surface area contributed by atoms with E-state index in [4.69, 9.17) is 0 Å². The first kappa shape index (κ1) is 13.9. The van der Waals surface area contributed by atoms with E-state index in [1.165, 1.54) is 33.2 Å². The molecular weight excluding hydrogens is 321 g/mol. The van der Waals surface area contributed by atoms with Crippen LogP contribution in [0.4, 0.5) is 0 Å². The van der Waals surface area contributed by atoms with E-state index in [1.807, 2.05) is 32.4 Å². The molecule has 0 aromatic heterocycles. The Kier molecular flexibility index (Phi) is 7.89. The molecule has 15 heavy (non-hydrogen) atoms. The van der Waals surface area contributed by atoms with Crippen LogP contribution in [0.3, 0.4) is 0 Å². The van der Waals surface area contributed by atoms with E-state index >= 15 is 0 Å². The monoisotopic (exact) mass is 334 g/mol. The zero-order valence-corrected chi connectivity index (χ0v) is 14.0. The molecule has 2 aliphatic heterocycles. The van der Waals surface area contributed by atoms with Crippen molar-refractivity contribution in [2.24, 2.45) is 0 Å². The molecule has 0 N–H and O–H groups in total. The van der Waals surface area contributed by atoms with E-state index in [9.17, 15) is 0 Å². The van der Waals surface area contributed by atoms with Crippen LogP contribution in [-0.4, -0.2) is 43.7 Å². The van der Waals surface area contributed by atoms with Gasteiger partial charge in [-0.25, -0.2) is 0 Å². The minimum absolute atomic E-state index is 0.951. The molecule has 7 heteroatoms. The van der Waals surface area contributed by atoms with Crippen molar-refractivity contribution in [3.05, 3.63) is 0 Å². The van der Waals surface area contributed by atoms with E-state index in [2.05, 4.69) is 46.1 Å². The topological polar surface area (TPSA) is 0 Å². The molecule has 2 saturated heterocycles. The third kappa shape index (κ3) is 5.75. The number of hydrogen-bond donors (Lipinski definition) is 0. The third-order valence-electron chi connectivity index (χ3n) is 1.95. The first-order valence-electron chi connectivity index (χ1n) is 4.75. The first-order chi connectivity index (χ1) is 7.45. The second-order valence-corrected chi connectivity index (χ2v) is 12.5. The van der Waals surface area contributed by atoms with Crippen molar-refractivity contribution in [3.63, 3.8) is 0 Å². The summed E-state index contributed by atoms with van der Waals surface area (Å²) in [5, 5.41) is 4.45. The normalized spacial score (nSPS) is 22.4. The molecule has 2 fully saturated rings. The highest BCUT2D eigenvalue weighted by Gasteiger charge is 2.19. The maximum absolute atomic E-state index is 2.15. The van der Waals surface area contributed by atoms with Crippen molar-refractivity contribution in [1.82, 2.24) is 0 Å². The Labute approximate surface area is 121 Å². The van der Waals surface area contributed by atoms with Crippen LogP contribution in [0, 0.1) is 0 Å². The van der Waals surface area contributed by atoms with Gasteiger partial charge in [-0.15, -0.1) is 11.8 Å². The molecule has 2 rings (SSSR count). The van der Waals surface area contributed by atoms with Gasteiger partial charge in [0.1, 0.15) is 0 Å². The van der Waals surface area contributed by atoms with Gasteiger partial charge in [-0.2, -0.15) is 23.5 Å². The van der Waals surface area contributed by atoms with Crippen LogP contribution in [0.2, 0.25) is 0 Å². The molecule has 2 aliphatic rings. The summed E-state index contributed by atoms with van der Waals surface area (Å²) in [6.07, 6.45) is 0. The van der Waals surface area contributed by atoms with E-state index < -0.39 is 0 Å². The standard InChI is InChI=1S/C8H14S7/c1-7(2-9-1)11-5-12-13-6-14-15-8-3-10-4-8/h7-8H,1-6H2. The summed E-state index contributed by atoms with van der Waals surface area (Å²) in [6, 6.07) is 0. The fraction of sp³-hybridized carbons (Fsp3) is 1.00. The predicted octanol–water partition coefficient (Wildman–Crippen LogP) is 4.63. The average Bonchev–Trinajstić information content (AvgIpc) is 2.09. The zero-order chi connectivity index (χ0) is 10.3. The molecule has 2 heterocycles. The lowest BCUT2D eigenvalue weighted by molar-refractivity contribution is 1.09. The Hall–Kier alpha value is 2.45. The van der Waals surface area contributed by atoms with Crippen molar-refractivity contribution in [3.8, 4) is 0 Å². The van der Waals surface area contributed by atoms with Crippen LogP contribution in [0.5, 0.6) is 0 Å². The maximum atomic E-state index is 2.15. The van der Waals surface area contributed by atoms with Crippen molar-refractivity contribution in [2.45, 2.75) is 10.5 Å². The molecule has 0 spiro atoms. The van der Waals surface area contributed by atoms with Gasteiger partial charge < -0.3 is 0 Å². The lowest BCUT2D eigenvalue weighted by Crippen LogP contribution is -2.20. The third-order valence-corrected chi connectivity index (χ3v) is 13.1. The predicted molar refractivity (Wildman–Crippen MR) is 89.9 cm³/mol. The summed E-state index contributed by atoms with van der Waals surface area (Å²) in [4.78, 5) is 0. The van der Waals surface area contributed by atoms with Crippen molar-refractivity contribution >= 4 is 78.5 Å².